The molecule has 1 aromatic heterocycles. The van der Waals surface area contributed by atoms with Crippen molar-refractivity contribution < 1.29 is 9.26 Å². The number of anilines is 1. The fourth-order valence-electron chi connectivity index (χ4n) is 5.83. The van der Waals surface area contributed by atoms with Gasteiger partial charge in [-0.1, -0.05) is 44.1 Å². The van der Waals surface area contributed by atoms with E-state index >= 15 is 0 Å². The van der Waals surface area contributed by atoms with Crippen LogP contribution in [0.25, 0.3) is 5.57 Å². The number of piperidine rings is 1. The van der Waals surface area contributed by atoms with Gasteiger partial charge in [0, 0.05) is 51.7 Å². The Morgan fingerprint density at radius 2 is 1.68 bits per heavy atom. The zero-order chi connectivity index (χ0) is 25.6. The largest absolute Gasteiger partial charge is 0.493 e. The molecule has 1 aliphatic carbocycles. The zero-order valence-electron chi connectivity index (χ0n) is 23.1. The Kier molecular flexibility index (Phi) is 8.82. The number of hydrogen-bond donors (Lipinski definition) is 0. The minimum atomic E-state index is 0.290. The average Bonchev–Trinajstić information content (AvgIpc) is 3.44. The monoisotopic (exact) mass is 507 g/mol. The van der Waals surface area contributed by atoms with Crippen molar-refractivity contribution in [3.8, 4) is 5.75 Å². The van der Waals surface area contributed by atoms with Gasteiger partial charge >= 0.3 is 6.01 Å². The number of ether oxygens (including phenoxy) is 1. The number of rotatable bonds is 9. The molecule has 2 saturated heterocycles. The van der Waals surface area contributed by atoms with Crippen molar-refractivity contribution in [2.24, 2.45) is 11.8 Å². The topological polar surface area (TPSA) is 57.9 Å². The summed E-state index contributed by atoms with van der Waals surface area (Å²) in [5, 5.41) is 4.10. The summed E-state index contributed by atoms with van der Waals surface area (Å²) in [6.45, 7) is 16.5. The van der Waals surface area contributed by atoms with E-state index in [4.69, 9.17) is 9.26 Å². The van der Waals surface area contributed by atoms with E-state index in [-0.39, 0.29) is 5.92 Å². The highest BCUT2D eigenvalue weighted by molar-refractivity contribution is 5.66. The Balaban J connectivity index is 1.03. The van der Waals surface area contributed by atoms with Gasteiger partial charge in [-0.15, -0.1) is 0 Å². The number of nitrogens with zero attached hydrogens (tertiary/aromatic N) is 5. The molecule has 1 atom stereocenters. The molecule has 37 heavy (non-hydrogen) atoms. The first-order valence-electron chi connectivity index (χ1n) is 14.5. The standard InChI is InChI=1S/C30H45N5O2/c1-4-33-17-19-34(20-18-33)21-24-5-7-26(8-6-24)27-9-11-28(12-10-27)36-22-25-13-15-35(16-14-25)30-31-29(23(2)3)32-37-30/h7,9-12,23-25H,4-6,8,13-22H2,1-3H3. The lowest BCUT2D eigenvalue weighted by atomic mass is 9.86. The number of benzene rings is 1. The number of hydrogen-bond acceptors (Lipinski definition) is 7. The molecule has 7 heteroatoms. The first kappa shape index (κ1) is 26.2. The summed E-state index contributed by atoms with van der Waals surface area (Å²) >= 11 is 0. The zero-order valence-corrected chi connectivity index (χ0v) is 23.1. The number of allylic oxidation sites excluding steroid dienone is 2. The molecular formula is C30H45N5O2. The van der Waals surface area contributed by atoms with Crippen LogP contribution in [0.2, 0.25) is 0 Å². The van der Waals surface area contributed by atoms with Crippen LogP contribution in [0.1, 0.15) is 70.2 Å². The summed E-state index contributed by atoms with van der Waals surface area (Å²) in [5.74, 6) is 3.42. The first-order valence-corrected chi connectivity index (χ1v) is 14.5. The van der Waals surface area contributed by atoms with Gasteiger partial charge in [-0.2, -0.15) is 4.98 Å². The van der Waals surface area contributed by atoms with Gasteiger partial charge in [-0.3, -0.25) is 0 Å². The lowest BCUT2D eigenvalue weighted by molar-refractivity contribution is 0.120. The molecule has 0 radical (unpaired) electrons. The third-order valence-corrected chi connectivity index (χ3v) is 8.49. The molecule has 5 rings (SSSR count). The maximum absolute atomic E-state index is 6.18. The predicted octanol–water partition coefficient (Wildman–Crippen LogP) is 5.31. The molecule has 0 saturated carbocycles. The summed E-state index contributed by atoms with van der Waals surface area (Å²) in [6.07, 6.45) is 8.37. The molecule has 202 valence electrons. The van der Waals surface area contributed by atoms with Gasteiger partial charge in [0.15, 0.2) is 5.82 Å². The van der Waals surface area contributed by atoms with Crippen LogP contribution in [0.3, 0.4) is 0 Å². The Labute approximate surface area is 222 Å². The van der Waals surface area contributed by atoms with E-state index in [2.05, 4.69) is 76.0 Å². The highest BCUT2D eigenvalue weighted by atomic mass is 16.5. The highest BCUT2D eigenvalue weighted by Crippen LogP contribution is 2.32. The van der Waals surface area contributed by atoms with E-state index in [0.29, 0.717) is 11.9 Å². The molecule has 0 spiro atoms. The molecular weight excluding hydrogens is 462 g/mol. The van der Waals surface area contributed by atoms with Crippen molar-refractivity contribution in [1.29, 1.82) is 0 Å². The predicted molar refractivity (Wildman–Crippen MR) is 149 cm³/mol. The van der Waals surface area contributed by atoms with Crippen molar-refractivity contribution in [2.45, 2.75) is 58.8 Å². The van der Waals surface area contributed by atoms with E-state index in [1.54, 1.807) is 0 Å². The van der Waals surface area contributed by atoms with Gasteiger partial charge in [0.25, 0.3) is 0 Å². The number of piperazine rings is 1. The molecule has 2 fully saturated rings. The minimum Gasteiger partial charge on any atom is -0.493 e. The third kappa shape index (κ3) is 6.94. The normalized spacial score (nSPS) is 22.4. The quantitative estimate of drug-likeness (QED) is 0.456. The Morgan fingerprint density at radius 3 is 2.30 bits per heavy atom. The van der Waals surface area contributed by atoms with Crippen LogP contribution in [0.5, 0.6) is 5.75 Å². The molecule has 0 amide bonds. The summed E-state index contributed by atoms with van der Waals surface area (Å²) in [7, 11) is 0. The van der Waals surface area contributed by atoms with Gasteiger partial charge in [0.2, 0.25) is 0 Å². The molecule has 0 N–H and O–H groups in total. The van der Waals surface area contributed by atoms with E-state index in [1.807, 2.05) is 0 Å². The van der Waals surface area contributed by atoms with E-state index < -0.39 is 0 Å². The average molecular weight is 508 g/mol. The number of likely N-dealkylation sites (N-methyl/N-ethyl adjacent to an activating group) is 1. The van der Waals surface area contributed by atoms with Gasteiger partial charge < -0.3 is 24.0 Å². The fourth-order valence-corrected chi connectivity index (χ4v) is 5.83. The highest BCUT2D eigenvalue weighted by Gasteiger charge is 2.24. The lowest BCUT2D eigenvalue weighted by Crippen LogP contribution is -2.47. The van der Waals surface area contributed by atoms with Gasteiger partial charge in [-0.25, -0.2) is 0 Å². The van der Waals surface area contributed by atoms with Crippen LogP contribution in [0.4, 0.5) is 6.01 Å². The lowest BCUT2D eigenvalue weighted by Gasteiger charge is -2.36. The van der Waals surface area contributed by atoms with Crippen molar-refractivity contribution >= 4 is 11.6 Å². The van der Waals surface area contributed by atoms with Gasteiger partial charge in [-0.05, 0) is 73.8 Å². The Bertz CT molecular complexity index is 1000. The Morgan fingerprint density at radius 1 is 0.946 bits per heavy atom. The van der Waals surface area contributed by atoms with Crippen LogP contribution >= 0.6 is 0 Å². The van der Waals surface area contributed by atoms with Crippen LogP contribution in [0, 0.1) is 11.8 Å². The second kappa shape index (κ2) is 12.4. The molecule has 3 aliphatic rings. The second-order valence-corrected chi connectivity index (χ2v) is 11.5. The second-order valence-electron chi connectivity index (χ2n) is 11.5. The number of aromatic nitrogens is 2. The van der Waals surface area contributed by atoms with Crippen LogP contribution in [-0.4, -0.2) is 78.9 Å². The first-order chi connectivity index (χ1) is 18.1. The van der Waals surface area contributed by atoms with E-state index in [0.717, 1.165) is 50.0 Å². The molecule has 2 aromatic rings. The van der Waals surface area contributed by atoms with Gasteiger partial charge in [0.1, 0.15) is 5.75 Å². The fraction of sp³-hybridized carbons (Fsp3) is 0.667. The van der Waals surface area contributed by atoms with Crippen LogP contribution in [0.15, 0.2) is 34.9 Å². The molecule has 2 aliphatic heterocycles. The minimum absolute atomic E-state index is 0.290. The molecule has 1 aromatic carbocycles. The SMILES string of the molecule is CCN1CCN(CC2CC=C(c3ccc(OCC4CCN(c5nc(C(C)C)no5)CC4)cc3)CC2)CC1. The maximum Gasteiger partial charge on any atom is 0.324 e. The van der Waals surface area contributed by atoms with Gasteiger partial charge in [0.05, 0.1) is 6.61 Å². The summed E-state index contributed by atoms with van der Waals surface area (Å²) in [6, 6.07) is 9.45. The van der Waals surface area contributed by atoms with Crippen molar-refractivity contribution in [1.82, 2.24) is 19.9 Å². The van der Waals surface area contributed by atoms with E-state index in [9.17, 15) is 0 Å². The molecule has 1 unspecified atom stereocenters. The van der Waals surface area contributed by atoms with Crippen molar-refractivity contribution in [2.75, 3.05) is 63.9 Å². The van der Waals surface area contributed by atoms with Crippen molar-refractivity contribution in [3.63, 3.8) is 0 Å². The third-order valence-electron chi connectivity index (χ3n) is 8.49. The smallest absolute Gasteiger partial charge is 0.324 e. The molecule has 7 nitrogen and oxygen atoms in total. The maximum atomic E-state index is 6.18. The summed E-state index contributed by atoms with van der Waals surface area (Å²) in [5.41, 5.74) is 2.86. The Hall–Kier alpha value is -2.38. The summed E-state index contributed by atoms with van der Waals surface area (Å²) < 4.78 is 11.6. The summed E-state index contributed by atoms with van der Waals surface area (Å²) in [4.78, 5) is 12.0. The van der Waals surface area contributed by atoms with E-state index in [1.165, 1.54) is 69.7 Å². The van der Waals surface area contributed by atoms with Crippen LogP contribution < -0.4 is 9.64 Å². The molecule has 0 bridgehead atoms. The van der Waals surface area contributed by atoms with Crippen LogP contribution in [-0.2, 0) is 0 Å². The van der Waals surface area contributed by atoms with Crippen molar-refractivity contribution in [3.05, 3.63) is 41.7 Å². The molecule has 3 heterocycles.